The quantitative estimate of drug-likeness (QED) is 0.737. The first-order valence-electron chi connectivity index (χ1n) is 7.04. The van der Waals surface area contributed by atoms with Crippen molar-refractivity contribution in [2.45, 2.75) is 6.92 Å². The van der Waals surface area contributed by atoms with E-state index < -0.39 is 0 Å². The van der Waals surface area contributed by atoms with Gasteiger partial charge in [0.2, 0.25) is 5.78 Å². The number of Topliss-reactive ketones (excluding diaryl/α,β-unsaturated/α-hetero) is 1. The van der Waals surface area contributed by atoms with Crippen LogP contribution in [-0.2, 0) is 0 Å². The monoisotopic (exact) mass is 359 g/mol. The van der Waals surface area contributed by atoms with Gasteiger partial charge in [-0.05, 0) is 42.8 Å². The molecular weight excluding hydrogens is 349 g/mol. The molecule has 6 heteroatoms. The molecule has 1 aliphatic rings. The van der Waals surface area contributed by atoms with E-state index in [4.69, 9.17) is 37.9 Å². The second-order valence-corrected chi connectivity index (χ2v) is 5.94. The summed E-state index contributed by atoms with van der Waals surface area (Å²) in [7, 11) is 0. The number of rotatable bonds is 3. The molecule has 0 unspecified atom stereocenters. The van der Waals surface area contributed by atoms with Crippen molar-refractivity contribution in [3.8, 4) is 17.6 Å². The van der Waals surface area contributed by atoms with Gasteiger partial charge in [-0.3, -0.25) is 4.79 Å². The Kier molecular flexibility index (Phi) is 4.48. The molecule has 0 saturated carbocycles. The highest BCUT2D eigenvalue weighted by molar-refractivity contribution is 6.42. The SMILES string of the molecule is Cc1c(OCC#N)ccc2c1O/C(=C\c1ccc(Cl)c(Cl)c1)C2=O. The Bertz CT molecular complexity index is 913. The summed E-state index contributed by atoms with van der Waals surface area (Å²) in [6, 6.07) is 10.3. The Morgan fingerprint density at radius 1 is 1.25 bits per heavy atom. The first-order chi connectivity index (χ1) is 11.5. The highest BCUT2D eigenvalue weighted by Gasteiger charge is 2.30. The second kappa shape index (κ2) is 6.56. The van der Waals surface area contributed by atoms with Crippen LogP contribution in [0.3, 0.4) is 0 Å². The molecule has 2 aromatic carbocycles. The Hall–Kier alpha value is -2.48. The fraction of sp³-hybridized carbons (Fsp3) is 0.111. The number of ether oxygens (including phenoxy) is 2. The number of allylic oxidation sites excluding steroid dienone is 1. The van der Waals surface area contributed by atoms with Crippen molar-refractivity contribution in [2.75, 3.05) is 6.61 Å². The zero-order chi connectivity index (χ0) is 17.3. The summed E-state index contributed by atoms with van der Waals surface area (Å²) in [5.41, 5.74) is 1.84. The van der Waals surface area contributed by atoms with Crippen molar-refractivity contribution < 1.29 is 14.3 Å². The van der Waals surface area contributed by atoms with E-state index in [-0.39, 0.29) is 18.1 Å². The molecule has 0 spiro atoms. The summed E-state index contributed by atoms with van der Waals surface area (Å²) >= 11 is 11.9. The maximum atomic E-state index is 12.5. The van der Waals surface area contributed by atoms with Crippen molar-refractivity contribution in [3.63, 3.8) is 0 Å². The van der Waals surface area contributed by atoms with Gasteiger partial charge in [0.15, 0.2) is 12.4 Å². The minimum Gasteiger partial charge on any atom is -0.478 e. The van der Waals surface area contributed by atoms with Crippen LogP contribution in [0.5, 0.6) is 11.5 Å². The standard InChI is InChI=1S/C18H11Cl2NO3/c1-10-15(23-7-6-21)5-3-12-17(22)16(24-18(10)12)9-11-2-4-13(19)14(20)8-11/h2-5,8-9H,7H2,1H3/b16-9-. The lowest BCUT2D eigenvalue weighted by Gasteiger charge is -2.08. The van der Waals surface area contributed by atoms with Crippen LogP contribution in [0.15, 0.2) is 36.1 Å². The molecule has 24 heavy (non-hydrogen) atoms. The number of carbonyl (C=O) groups is 1. The van der Waals surface area contributed by atoms with Gasteiger partial charge in [-0.1, -0.05) is 29.3 Å². The van der Waals surface area contributed by atoms with Crippen LogP contribution < -0.4 is 9.47 Å². The van der Waals surface area contributed by atoms with Crippen molar-refractivity contribution in [2.24, 2.45) is 0 Å². The van der Waals surface area contributed by atoms with Gasteiger partial charge in [-0.25, -0.2) is 0 Å². The first kappa shape index (κ1) is 16.4. The lowest BCUT2D eigenvalue weighted by Crippen LogP contribution is -1.98. The van der Waals surface area contributed by atoms with Crippen LogP contribution in [-0.4, -0.2) is 12.4 Å². The Morgan fingerprint density at radius 3 is 2.75 bits per heavy atom. The van der Waals surface area contributed by atoms with Gasteiger partial charge in [0, 0.05) is 5.56 Å². The number of nitrogens with zero attached hydrogens (tertiary/aromatic N) is 1. The van der Waals surface area contributed by atoms with Crippen LogP contribution in [0.2, 0.25) is 10.0 Å². The molecule has 0 radical (unpaired) electrons. The molecule has 0 atom stereocenters. The molecular formula is C18H11Cl2NO3. The third-order valence-electron chi connectivity index (χ3n) is 3.57. The lowest BCUT2D eigenvalue weighted by molar-refractivity contribution is 0.101. The molecule has 0 aliphatic carbocycles. The summed E-state index contributed by atoms with van der Waals surface area (Å²) in [4.78, 5) is 12.5. The molecule has 1 heterocycles. The molecule has 4 nitrogen and oxygen atoms in total. The van der Waals surface area contributed by atoms with Gasteiger partial charge in [0.25, 0.3) is 0 Å². The maximum absolute atomic E-state index is 12.5. The number of carbonyl (C=O) groups excluding carboxylic acids is 1. The highest BCUT2D eigenvalue weighted by atomic mass is 35.5. The number of nitriles is 1. The molecule has 1 aliphatic heterocycles. The first-order valence-corrected chi connectivity index (χ1v) is 7.79. The molecule has 0 fully saturated rings. The number of ketones is 1. The van der Waals surface area contributed by atoms with E-state index in [1.165, 1.54) is 0 Å². The van der Waals surface area contributed by atoms with Crippen molar-refractivity contribution >= 4 is 35.1 Å². The molecule has 0 amide bonds. The third kappa shape index (κ3) is 2.96. The number of halogens is 2. The van der Waals surface area contributed by atoms with E-state index >= 15 is 0 Å². The minimum absolute atomic E-state index is 0.0699. The van der Waals surface area contributed by atoms with Gasteiger partial charge in [0.1, 0.15) is 17.6 Å². The van der Waals surface area contributed by atoms with Crippen molar-refractivity contribution in [1.29, 1.82) is 5.26 Å². The Morgan fingerprint density at radius 2 is 2.04 bits per heavy atom. The molecule has 120 valence electrons. The topological polar surface area (TPSA) is 59.3 Å². The second-order valence-electron chi connectivity index (χ2n) is 5.13. The average Bonchev–Trinajstić information content (AvgIpc) is 2.88. The third-order valence-corrected chi connectivity index (χ3v) is 4.31. The van der Waals surface area contributed by atoms with E-state index in [0.29, 0.717) is 38.2 Å². The summed E-state index contributed by atoms with van der Waals surface area (Å²) in [6.07, 6.45) is 1.61. The maximum Gasteiger partial charge on any atom is 0.231 e. The van der Waals surface area contributed by atoms with Crippen LogP contribution in [0, 0.1) is 18.3 Å². The number of hydrogen-bond acceptors (Lipinski definition) is 4. The van der Waals surface area contributed by atoms with Crippen molar-refractivity contribution in [1.82, 2.24) is 0 Å². The Labute approximate surface area is 148 Å². The van der Waals surface area contributed by atoms with Gasteiger partial charge in [-0.15, -0.1) is 0 Å². The van der Waals surface area contributed by atoms with Gasteiger partial charge >= 0.3 is 0 Å². The molecule has 0 saturated heterocycles. The summed E-state index contributed by atoms with van der Waals surface area (Å²) in [5, 5.41) is 9.45. The Balaban J connectivity index is 1.95. The van der Waals surface area contributed by atoms with Crippen LogP contribution in [0.1, 0.15) is 21.5 Å². The number of fused-ring (bicyclic) bond motifs is 1. The predicted molar refractivity (Wildman–Crippen MR) is 91.7 cm³/mol. The molecule has 3 rings (SSSR count). The van der Waals surface area contributed by atoms with E-state index in [1.54, 1.807) is 43.3 Å². The zero-order valence-corrected chi connectivity index (χ0v) is 14.1. The lowest BCUT2D eigenvalue weighted by atomic mass is 10.1. The van der Waals surface area contributed by atoms with Crippen molar-refractivity contribution in [3.05, 3.63) is 62.8 Å². The van der Waals surface area contributed by atoms with Gasteiger partial charge < -0.3 is 9.47 Å². The van der Waals surface area contributed by atoms with E-state index in [1.807, 2.05) is 6.07 Å². The largest absolute Gasteiger partial charge is 0.478 e. The molecule has 0 bridgehead atoms. The normalized spacial score (nSPS) is 14.2. The molecule has 0 N–H and O–H groups in total. The van der Waals surface area contributed by atoms with Crippen LogP contribution >= 0.6 is 23.2 Å². The van der Waals surface area contributed by atoms with Gasteiger partial charge in [0.05, 0.1) is 15.6 Å². The average molecular weight is 360 g/mol. The fourth-order valence-electron chi connectivity index (χ4n) is 2.39. The van der Waals surface area contributed by atoms with E-state index in [9.17, 15) is 4.79 Å². The predicted octanol–water partition coefficient (Wildman–Crippen LogP) is 4.82. The summed E-state index contributed by atoms with van der Waals surface area (Å²) in [5.74, 6) is 0.940. The molecule has 2 aromatic rings. The minimum atomic E-state index is -0.217. The summed E-state index contributed by atoms with van der Waals surface area (Å²) < 4.78 is 11.0. The number of hydrogen-bond donors (Lipinski definition) is 0. The smallest absolute Gasteiger partial charge is 0.231 e. The van der Waals surface area contributed by atoms with E-state index in [0.717, 1.165) is 0 Å². The van der Waals surface area contributed by atoms with Crippen LogP contribution in [0.25, 0.3) is 6.08 Å². The zero-order valence-electron chi connectivity index (χ0n) is 12.6. The fourth-order valence-corrected chi connectivity index (χ4v) is 2.69. The number of benzene rings is 2. The molecule has 0 aromatic heterocycles. The van der Waals surface area contributed by atoms with E-state index in [2.05, 4.69) is 0 Å². The summed E-state index contributed by atoms with van der Waals surface area (Å²) in [6.45, 7) is 1.71. The van der Waals surface area contributed by atoms with Crippen LogP contribution in [0.4, 0.5) is 0 Å². The van der Waals surface area contributed by atoms with Gasteiger partial charge in [-0.2, -0.15) is 5.26 Å². The highest BCUT2D eigenvalue weighted by Crippen LogP contribution is 2.39.